The van der Waals surface area contributed by atoms with E-state index >= 15 is 0 Å². The second-order valence-corrected chi connectivity index (χ2v) is 7.31. The molecule has 0 saturated carbocycles. The molecular formula is C24H23N3O3. The van der Waals surface area contributed by atoms with E-state index in [4.69, 9.17) is 4.74 Å². The van der Waals surface area contributed by atoms with Crippen LogP contribution in [-0.4, -0.2) is 20.4 Å². The van der Waals surface area contributed by atoms with Gasteiger partial charge in [-0.2, -0.15) is 0 Å². The van der Waals surface area contributed by atoms with E-state index in [1.54, 1.807) is 42.5 Å². The van der Waals surface area contributed by atoms with Crippen molar-refractivity contribution in [2.45, 2.75) is 26.5 Å². The summed E-state index contributed by atoms with van der Waals surface area (Å²) >= 11 is 0. The average Bonchev–Trinajstić information content (AvgIpc) is 3.14. The van der Waals surface area contributed by atoms with E-state index in [0.29, 0.717) is 17.9 Å². The molecule has 1 unspecified atom stereocenters. The number of aryl methyl sites for hydroxylation is 1. The number of pyridine rings is 1. The number of imidazole rings is 1. The average molecular weight is 401 g/mol. The number of hydrogen-bond acceptors (Lipinski definition) is 4. The molecule has 6 heteroatoms. The van der Waals surface area contributed by atoms with Crippen molar-refractivity contribution >= 4 is 11.6 Å². The summed E-state index contributed by atoms with van der Waals surface area (Å²) < 4.78 is 7.80. The van der Waals surface area contributed by atoms with E-state index in [0.717, 1.165) is 16.9 Å². The van der Waals surface area contributed by atoms with Gasteiger partial charge in [0.1, 0.15) is 23.8 Å². The summed E-state index contributed by atoms with van der Waals surface area (Å²) in [6.45, 7) is 4.26. The fourth-order valence-corrected chi connectivity index (χ4v) is 3.24. The van der Waals surface area contributed by atoms with E-state index < -0.39 is 0 Å². The number of aromatic hydroxyl groups is 1. The molecule has 6 nitrogen and oxygen atoms in total. The summed E-state index contributed by atoms with van der Waals surface area (Å²) in [5.41, 5.74) is 4.26. The van der Waals surface area contributed by atoms with Gasteiger partial charge in [-0.1, -0.05) is 18.2 Å². The number of carbonyl (C=O) groups excluding carboxylic acids is 1. The Labute approximate surface area is 174 Å². The highest BCUT2D eigenvalue weighted by atomic mass is 16.5. The third-order valence-corrected chi connectivity index (χ3v) is 4.87. The molecule has 0 aliphatic heterocycles. The number of ether oxygens (including phenoxy) is 1. The quantitative estimate of drug-likeness (QED) is 0.502. The molecule has 2 heterocycles. The highest BCUT2D eigenvalue weighted by Crippen LogP contribution is 2.19. The maximum absolute atomic E-state index is 12.5. The van der Waals surface area contributed by atoms with Gasteiger partial charge in [-0.15, -0.1) is 0 Å². The van der Waals surface area contributed by atoms with Crippen LogP contribution in [0, 0.1) is 6.92 Å². The molecule has 0 fully saturated rings. The van der Waals surface area contributed by atoms with Gasteiger partial charge >= 0.3 is 0 Å². The van der Waals surface area contributed by atoms with Crippen LogP contribution in [-0.2, 0) is 6.61 Å². The van der Waals surface area contributed by atoms with Crippen LogP contribution in [0.2, 0.25) is 0 Å². The molecule has 0 aliphatic carbocycles. The minimum atomic E-state index is -0.223. The standard InChI is InChI=1S/C24H23N3O3/c1-16-6-11-23-26-20(14-27(23)13-16)15-30-22-9-7-18(8-10-22)24(29)25-17(2)19-4-3-5-21(28)12-19/h3-14,17,28H,15H2,1-2H3,(H,25,29). The highest BCUT2D eigenvalue weighted by Gasteiger charge is 2.12. The zero-order chi connectivity index (χ0) is 21.1. The number of aromatic nitrogens is 2. The Bertz CT molecular complexity index is 1180. The maximum atomic E-state index is 12.5. The number of amides is 1. The van der Waals surface area contributed by atoms with Crippen LogP contribution >= 0.6 is 0 Å². The van der Waals surface area contributed by atoms with Crippen LogP contribution in [0.25, 0.3) is 5.65 Å². The van der Waals surface area contributed by atoms with Gasteiger partial charge in [0.25, 0.3) is 5.91 Å². The number of carbonyl (C=O) groups is 1. The number of phenolic OH excluding ortho intramolecular Hbond substituents is 1. The molecule has 0 saturated heterocycles. The van der Waals surface area contributed by atoms with Crippen molar-refractivity contribution in [3.05, 3.63) is 95.4 Å². The monoisotopic (exact) mass is 401 g/mol. The number of nitrogens with one attached hydrogen (secondary N) is 1. The van der Waals surface area contributed by atoms with E-state index in [-0.39, 0.29) is 17.7 Å². The van der Waals surface area contributed by atoms with Gasteiger partial charge in [0, 0.05) is 18.0 Å². The van der Waals surface area contributed by atoms with Crippen molar-refractivity contribution in [3.63, 3.8) is 0 Å². The van der Waals surface area contributed by atoms with E-state index in [1.165, 1.54) is 5.56 Å². The molecule has 0 bridgehead atoms. The third kappa shape index (κ3) is 4.43. The Morgan fingerprint density at radius 1 is 1.13 bits per heavy atom. The van der Waals surface area contributed by atoms with Crippen LogP contribution in [0.3, 0.4) is 0 Å². The lowest BCUT2D eigenvalue weighted by Gasteiger charge is -2.15. The largest absolute Gasteiger partial charge is 0.508 e. The van der Waals surface area contributed by atoms with Crippen LogP contribution in [0.5, 0.6) is 11.5 Å². The minimum Gasteiger partial charge on any atom is -0.508 e. The van der Waals surface area contributed by atoms with Crippen LogP contribution in [0.1, 0.15) is 40.1 Å². The van der Waals surface area contributed by atoms with Crippen LogP contribution < -0.4 is 10.1 Å². The van der Waals surface area contributed by atoms with Crippen molar-refractivity contribution in [1.29, 1.82) is 0 Å². The molecule has 0 spiro atoms. The molecule has 2 aromatic heterocycles. The lowest BCUT2D eigenvalue weighted by molar-refractivity contribution is 0.0939. The third-order valence-electron chi connectivity index (χ3n) is 4.87. The summed E-state index contributed by atoms with van der Waals surface area (Å²) in [7, 11) is 0. The van der Waals surface area contributed by atoms with Gasteiger partial charge in [0.05, 0.1) is 11.7 Å². The van der Waals surface area contributed by atoms with Gasteiger partial charge in [-0.3, -0.25) is 4.79 Å². The predicted octanol–water partition coefficient (Wildman–Crippen LogP) is 4.42. The fourth-order valence-electron chi connectivity index (χ4n) is 3.24. The smallest absolute Gasteiger partial charge is 0.251 e. The number of hydrogen-bond donors (Lipinski definition) is 2. The second kappa shape index (κ2) is 8.29. The number of fused-ring (bicyclic) bond motifs is 1. The molecule has 1 atom stereocenters. The van der Waals surface area contributed by atoms with Gasteiger partial charge in [-0.25, -0.2) is 4.98 Å². The summed E-state index contributed by atoms with van der Waals surface area (Å²) in [6.07, 6.45) is 3.98. The molecule has 0 aliphatic rings. The van der Waals surface area contributed by atoms with Crippen molar-refractivity contribution in [2.24, 2.45) is 0 Å². The Hall–Kier alpha value is -3.80. The zero-order valence-electron chi connectivity index (χ0n) is 16.9. The van der Waals surface area contributed by atoms with Crippen LogP contribution in [0.15, 0.2) is 73.1 Å². The molecule has 0 radical (unpaired) electrons. The lowest BCUT2D eigenvalue weighted by Crippen LogP contribution is -2.26. The molecule has 30 heavy (non-hydrogen) atoms. The van der Waals surface area contributed by atoms with Gasteiger partial charge < -0.3 is 19.6 Å². The van der Waals surface area contributed by atoms with Gasteiger partial charge in [0.15, 0.2) is 0 Å². The number of phenols is 1. The second-order valence-electron chi connectivity index (χ2n) is 7.31. The number of benzene rings is 2. The maximum Gasteiger partial charge on any atom is 0.251 e. The fraction of sp³-hybridized carbons (Fsp3) is 0.167. The SMILES string of the molecule is Cc1ccc2nc(COc3ccc(C(=O)NC(C)c4cccc(O)c4)cc3)cn2c1. The van der Waals surface area contributed by atoms with Crippen molar-refractivity contribution in [2.75, 3.05) is 0 Å². The predicted molar refractivity (Wildman–Crippen MR) is 115 cm³/mol. The Morgan fingerprint density at radius 3 is 2.70 bits per heavy atom. The number of rotatable bonds is 6. The Kier molecular flexibility index (Phi) is 5.39. The molecule has 2 aromatic carbocycles. The normalized spacial score (nSPS) is 11.9. The molecule has 152 valence electrons. The first-order valence-electron chi connectivity index (χ1n) is 9.75. The topological polar surface area (TPSA) is 75.9 Å². The van der Waals surface area contributed by atoms with Gasteiger partial charge in [0.2, 0.25) is 0 Å². The first kappa shape index (κ1) is 19.5. The van der Waals surface area contributed by atoms with Crippen molar-refractivity contribution < 1.29 is 14.6 Å². The van der Waals surface area contributed by atoms with Gasteiger partial charge in [-0.05, 0) is 67.4 Å². The lowest BCUT2D eigenvalue weighted by atomic mass is 10.1. The Balaban J connectivity index is 1.36. The van der Waals surface area contributed by atoms with E-state index in [2.05, 4.69) is 10.3 Å². The zero-order valence-corrected chi connectivity index (χ0v) is 16.9. The van der Waals surface area contributed by atoms with E-state index in [9.17, 15) is 9.90 Å². The first-order valence-corrected chi connectivity index (χ1v) is 9.75. The first-order chi connectivity index (χ1) is 14.5. The summed E-state index contributed by atoms with van der Waals surface area (Å²) in [5.74, 6) is 0.657. The number of nitrogens with zero attached hydrogens (tertiary/aromatic N) is 2. The molecular weight excluding hydrogens is 378 g/mol. The minimum absolute atomic E-state index is 0.177. The summed E-state index contributed by atoms with van der Waals surface area (Å²) in [4.78, 5) is 17.0. The van der Waals surface area contributed by atoms with E-state index in [1.807, 2.05) is 48.8 Å². The van der Waals surface area contributed by atoms with Crippen molar-refractivity contribution in [1.82, 2.24) is 14.7 Å². The molecule has 4 aromatic rings. The highest BCUT2D eigenvalue weighted by molar-refractivity contribution is 5.94. The van der Waals surface area contributed by atoms with Crippen LogP contribution in [0.4, 0.5) is 0 Å². The molecule has 1 amide bonds. The van der Waals surface area contributed by atoms with Crippen molar-refractivity contribution in [3.8, 4) is 11.5 Å². The Morgan fingerprint density at radius 2 is 1.93 bits per heavy atom. The molecule has 2 N–H and O–H groups in total. The summed E-state index contributed by atoms with van der Waals surface area (Å²) in [5, 5.41) is 12.5. The molecule has 4 rings (SSSR count). The summed E-state index contributed by atoms with van der Waals surface area (Å²) in [6, 6.07) is 17.6.